The molecule has 4 nitrogen and oxygen atoms in total. The molecule has 0 unspecified atom stereocenters. The van der Waals surface area contributed by atoms with Crippen LogP contribution >= 0.6 is 0 Å². The highest BCUT2D eigenvalue weighted by molar-refractivity contribution is 5.40. The fourth-order valence-corrected chi connectivity index (χ4v) is 1.83. The summed E-state index contributed by atoms with van der Waals surface area (Å²) in [4.78, 5) is 4.22. The van der Waals surface area contributed by atoms with Crippen LogP contribution in [0.5, 0.6) is 17.4 Å². The number of aromatic nitrogens is 1. The first-order valence-corrected chi connectivity index (χ1v) is 6.69. The van der Waals surface area contributed by atoms with E-state index >= 15 is 0 Å². The zero-order chi connectivity index (χ0) is 14.4. The van der Waals surface area contributed by atoms with Gasteiger partial charge >= 0.3 is 0 Å². The molecule has 0 saturated heterocycles. The van der Waals surface area contributed by atoms with Gasteiger partial charge in [-0.05, 0) is 44.0 Å². The molecule has 0 atom stereocenters. The van der Waals surface area contributed by atoms with E-state index in [0.29, 0.717) is 23.8 Å². The van der Waals surface area contributed by atoms with E-state index in [1.54, 1.807) is 6.20 Å². The monoisotopic (exact) mass is 273 g/mol. The Morgan fingerprint density at radius 1 is 1.10 bits per heavy atom. The Hall–Kier alpha value is -2.07. The molecule has 2 aromatic rings. The van der Waals surface area contributed by atoms with Gasteiger partial charge in [0.05, 0.1) is 6.10 Å². The van der Waals surface area contributed by atoms with E-state index in [4.69, 9.17) is 14.6 Å². The van der Waals surface area contributed by atoms with Crippen molar-refractivity contribution in [3.05, 3.63) is 48.2 Å². The Bertz CT molecular complexity index is 555. The summed E-state index contributed by atoms with van der Waals surface area (Å²) in [5, 5.41) is 9.09. The molecule has 4 heteroatoms. The normalized spacial score (nSPS) is 10.6. The van der Waals surface area contributed by atoms with Crippen molar-refractivity contribution in [1.29, 1.82) is 0 Å². The number of benzene rings is 1. The second-order valence-corrected chi connectivity index (χ2v) is 4.66. The lowest BCUT2D eigenvalue weighted by molar-refractivity contribution is 0.231. The van der Waals surface area contributed by atoms with Crippen LogP contribution in [0.1, 0.15) is 19.4 Å². The molecule has 0 saturated carbocycles. The zero-order valence-electron chi connectivity index (χ0n) is 11.7. The van der Waals surface area contributed by atoms with Crippen LogP contribution < -0.4 is 9.47 Å². The van der Waals surface area contributed by atoms with Gasteiger partial charge in [0, 0.05) is 12.8 Å². The SMILES string of the molecule is CC(C)Oc1cccnc1Oc1ccccc1CCO. The molecular formula is C16H19NO3. The van der Waals surface area contributed by atoms with E-state index in [1.165, 1.54) is 0 Å². The van der Waals surface area contributed by atoms with E-state index in [9.17, 15) is 0 Å². The van der Waals surface area contributed by atoms with Gasteiger partial charge in [0.25, 0.3) is 5.88 Å². The molecule has 1 heterocycles. The number of hydrogen-bond acceptors (Lipinski definition) is 4. The lowest BCUT2D eigenvalue weighted by atomic mass is 10.1. The highest BCUT2D eigenvalue weighted by Crippen LogP contribution is 2.31. The van der Waals surface area contributed by atoms with Gasteiger partial charge in [0.15, 0.2) is 5.75 Å². The van der Waals surface area contributed by atoms with Crippen molar-refractivity contribution in [2.24, 2.45) is 0 Å². The summed E-state index contributed by atoms with van der Waals surface area (Å²) >= 11 is 0. The molecule has 0 aliphatic rings. The predicted octanol–water partition coefficient (Wildman–Crippen LogP) is 3.20. The average molecular weight is 273 g/mol. The number of pyridine rings is 1. The zero-order valence-corrected chi connectivity index (χ0v) is 11.7. The third-order valence-corrected chi connectivity index (χ3v) is 2.66. The quantitative estimate of drug-likeness (QED) is 0.878. The first kappa shape index (κ1) is 14.3. The van der Waals surface area contributed by atoms with Gasteiger partial charge < -0.3 is 14.6 Å². The molecule has 1 aromatic heterocycles. The third-order valence-electron chi connectivity index (χ3n) is 2.66. The summed E-state index contributed by atoms with van der Waals surface area (Å²) in [7, 11) is 0. The molecule has 106 valence electrons. The van der Waals surface area contributed by atoms with Crippen molar-refractivity contribution in [2.45, 2.75) is 26.4 Å². The number of aliphatic hydroxyl groups excluding tert-OH is 1. The molecule has 2 rings (SSSR count). The first-order valence-electron chi connectivity index (χ1n) is 6.69. The molecule has 0 bridgehead atoms. The van der Waals surface area contributed by atoms with E-state index in [0.717, 1.165) is 5.56 Å². The van der Waals surface area contributed by atoms with Gasteiger partial charge in [0.2, 0.25) is 0 Å². The summed E-state index contributed by atoms with van der Waals surface area (Å²) in [5.41, 5.74) is 0.941. The summed E-state index contributed by atoms with van der Waals surface area (Å²) in [5.74, 6) is 1.74. The van der Waals surface area contributed by atoms with Crippen molar-refractivity contribution < 1.29 is 14.6 Å². The van der Waals surface area contributed by atoms with E-state index in [-0.39, 0.29) is 12.7 Å². The summed E-state index contributed by atoms with van der Waals surface area (Å²) < 4.78 is 11.5. The Morgan fingerprint density at radius 2 is 1.85 bits per heavy atom. The minimum absolute atomic E-state index is 0.0502. The lowest BCUT2D eigenvalue weighted by Crippen LogP contribution is -2.07. The summed E-state index contributed by atoms with van der Waals surface area (Å²) in [6.45, 7) is 3.99. The van der Waals surface area contributed by atoms with Gasteiger partial charge in [-0.25, -0.2) is 4.98 Å². The van der Waals surface area contributed by atoms with Crippen molar-refractivity contribution in [1.82, 2.24) is 4.98 Å². The maximum atomic E-state index is 9.09. The number of rotatable bonds is 6. The molecule has 1 aromatic carbocycles. The van der Waals surface area contributed by atoms with Crippen LogP contribution in [0, 0.1) is 0 Å². The number of hydrogen-bond donors (Lipinski definition) is 1. The van der Waals surface area contributed by atoms with Crippen LogP contribution in [-0.4, -0.2) is 22.8 Å². The van der Waals surface area contributed by atoms with Gasteiger partial charge in [-0.3, -0.25) is 0 Å². The van der Waals surface area contributed by atoms with Crippen LogP contribution in [0.3, 0.4) is 0 Å². The largest absolute Gasteiger partial charge is 0.485 e. The van der Waals surface area contributed by atoms with Crippen molar-refractivity contribution >= 4 is 0 Å². The molecule has 0 radical (unpaired) electrons. The number of para-hydroxylation sites is 1. The van der Waals surface area contributed by atoms with Crippen LogP contribution in [-0.2, 0) is 6.42 Å². The predicted molar refractivity (Wildman–Crippen MR) is 77.3 cm³/mol. The number of ether oxygens (including phenoxy) is 2. The maximum absolute atomic E-state index is 9.09. The topological polar surface area (TPSA) is 51.6 Å². The molecule has 0 aliphatic carbocycles. The van der Waals surface area contributed by atoms with Crippen LogP contribution in [0.2, 0.25) is 0 Å². The van der Waals surface area contributed by atoms with Crippen molar-refractivity contribution in [2.75, 3.05) is 6.61 Å². The van der Waals surface area contributed by atoms with Crippen LogP contribution in [0.15, 0.2) is 42.6 Å². The molecule has 20 heavy (non-hydrogen) atoms. The maximum Gasteiger partial charge on any atom is 0.262 e. The van der Waals surface area contributed by atoms with Gasteiger partial charge in [0.1, 0.15) is 5.75 Å². The van der Waals surface area contributed by atoms with E-state index in [2.05, 4.69) is 4.98 Å². The van der Waals surface area contributed by atoms with Crippen molar-refractivity contribution in [3.8, 4) is 17.4 Å². The second-order valence-electron chi connectivity index (χ2n) is 4.66. The molecule has 1 N–H and O–H groups in total. The lowest BCUT2D eigenvalue weighted by Gasteiger charge is -2.15. The van der Waals surface area contributed by atoms with Gasteiger partial charge in [-0.15, -0.1) is 0 Å². The smallest absolute Gasteiger partial charge is 0.262 e. The first-order chi connectivity index (χ1) is 9.70. The van der Waals surface area contributed by atoms with Crippen molar-refractivity contribution in [3.63, 3.8) is 0 Å². The molecule has 0 aliphatic heterocycles. The Kier molecular flexibility index (Phi) is 4.96. The minimum atomic E-state index is 0.0502. The number of aliphatic hydroxyl groups is 1. The Labute approximate surface area is 119 Å². The Balaban J connectivity index is 2.26. The minimum Gasteiger partial charge on any atom is -0.485 e. The highest BCUT2D eigenvalue weighted by Gasteiger charge is 2.11. The molecule has 0 amide bonds. The average Bonchev–Trinajstić information content (AvgIpc) is 2.43. The summed E-state index contributed by atoms with van der Waals surface area (Å²) in [6, 6.07) is 11.2. The van der Waals surface area contributed by atoms with Gasteiger partial charge in [-0.2, -0.15) is 0 Å². The van der Waals surface area contributed by atoms with Crippen LogP contribution in [0.25, 0.3) is 0 Å². The molecular weight excluding hydrogens is 254 g/mol. The fraction of sp³-hybridized carbons (Fsp3) is 0.312. The number of nitrogens with zero attached hydrogens (tertiary/aromatic N) is 1. The Morgan fingerprint density at radius 3 is 2.60 bits per heavy atom. The third kappa shape index (κ3) is 3.71. The summed E-state index contributed by atoms with van der Waals surface area (Å²) in [6.07, 6.45) is 2.26. The standard InChI is InChI=1S/C16H19NO3/c1-12(2)19-15-8-5-10-17-16(15)20-14-7-4-3-6-13(14)9-11-18/h3-8,10,12,18H,9,11H2,1-2H3. The fourth-order valence-electron chi connectivity index (χ4n) is 1.83. The van der Waals surface area contributed by atoms with Gasteiger partial charge in [-0.1, -0.05) is 18.2 Å². The second kappa shape index (κ2) is 6.91. The molecule has 0 fully saturated rings. The molecule has 0 spiro atoms. The highest BCUT2D eigenvalue weighted by atomic mass is 16.5. The van der Waals surface area contributed by atoms with E-state index in [1.807, 2.05) is 50.2 Å². The van der Waals surface area contributed by atoms with E-state index < -0.39 is 0 Å². The van der Waals surface area contributed by atoms with Crippen LogP contribution in [0.4, 0.5) is 0 Å².